The second-order valence-corrected chi connectivity index (χ2v) is 7.36. The van der Waals surface area contributed by atoms with Crippen molar-refractivity contribution in [1.82, 2.24) is 0 Å². The van der Waals surface area contributed by atoms with Crippen LogP contribution in [0.25, 0.3) is 22.3 Å². The number of rotatable bonds is 3. The third-order valence-electron chi connectivity index (χ3n) is 4.98. The fourth-order valence-electron chi connectivity index (χ4n) is 3.41. The molecule has 0 radical (unpaired) electrons. The van der Waals surface area contributed by atoms with E-state index in [-0.39, 0.29) is 12.2 Å². The number of hydrogen-bond donors (Lipinski definition) is 1. The van der Waals surface area contributed by atoms with Crippen molar-refractivity contribution < 1.29 is 4.74 Å². The predicted molar refractivity (Wildman–Crippen MR) is 108 cm³/mol. The van der Waals surface area contributed by atoms with Crippen molar-refractivity contribution in [2.75, 3.05) is 0 Å². The maximum Gasteiger partial charge on any atom is 0.0840 e. The summed E-state index contributed by atoms with van der Waals surface area (Å²) in [5, 5.41) is 0.329. The van der Waals surface area contributed by atoms with Crippen molar-refractivity contribution in [1.29, 1.82) is 0 Å². The third-order valence-corrected chi connectivity index (χ3v) is 5.61. The van der Waals surface area contributed by atoms with Gasteiger partial charge in [-0.3, -0.25) is 0 Å². The summed E-state index contributed by atoms with van der Waals surface area (Å²) in [4.78, 5) is 0. The van der Waals surface area contributed by atoms with Gasteiger partial charge in [0.1, 0.15) is 0 Å². The maximum absolute atomic E-state index is 5.99. The fraction of sp³-hybridized carbons (Fsp3) is 0.217. The molecule has 3 aromatic carbocycles. The van der Waals surface area contributed by atoms with Gasteiger partial charge in [0.25, 0.3) is 0 Å². The lowest BCUT2D eigenvalue weighted by Crippen LogP contribution is -2.09. The van der Waals surface area contributed by atoms with Crippen LogP contribution >= 0.6 is 12.6 Å². The van der Waals surface area contributed by atoms with Gasteiger partial charge in [-0.2, -0.15) is 12.6 Å². The van der Waals surface area contributed by atoms with Crippen LogP contribution in [0.1, 0.15) is 25.0 Å². The van der Waals surface area contributed by atoms with Crippen LogP contribution in [-0.2, 0) is 4.74 Å². The van der Waals surface area contributed by atoms with Gasteiger partial charge in [-0.05, 0) is 41.2 Å². The summed E-state index contributed by atoms with van der Waals surface area (Å²) < 4.78 is 5.99. The lowest BCUT2D eigenvalue weighted by molar-refractivity contribution is 0.0566. The van der Waals surface area contributed by atoms with E-state index in [4.69, 9.17) is 4.74 Å². The molecule has 1 saturated heterocycles. The first kappa shape index (κ1) is 16.4. The minimum atomic E-state index is 0.173. The Bertz CT molecular complexity index is 814. The topological polar surface area (TPSA) is 9.23 Å². The first-order chi connectivity index (χ1) is 12.2. The van der Waals surface area contributed by atoms with Gasteiger partial charge in [-0.1, -0.05) is 78.9 Å². The van der Waals surface area contributed by atoms with Crippen LogP contribution in [0, 0.1) is 0 Å². The molecule has 0 bridgehead atoms. The van der Waals surface area contributed by atoms with Gasteiger partial charge in [-0.15, -0.1) is 0 Å². The zero-order valence-corrected chi connectivity index (χ0v) is 15.2. The monoisotopic (exact) mass is 346 g/mol. The summed E-state index contributed by atoms with van der Waals surface area (Å²) in [5.41, 5.74) is 6.20. The third kappa shape index (κ3) is 3.51. The SMILES string of the molecule is C[C@H]1O[C@@H](c2ccc(-c3ccc(-c4ccccc4)cc3)cc2)CC1S. The quantitative estimate of drug-likeness (QED) is 0.558. The zero-order valence-electron chi connectivity index (χ0n) is 14.3. The van der Waals surface area contributed by atoms with E-state index in [2.05, 4.69) is 92.3 Å². The molecule has 25 heavy (non-hydrogen) atoms. The highest BCUT2D eigenvalue weighted by molar-refractivity contribution is 7.81. The van der Waals surface area contributed by atoms with Crippen LogP contribution < -0.4 is 0 Å². The molecule has 1 nitrogen and oxygen atoms in total. The Hall–Kier alpha value is -2.03. The normalized spacial score (nSPS) is 22.9. The van der Waals surface area contributed by atoms with E-state index in [1.54, 1.807) is 0 Å². The van der Waals surface area contributed by atoms with Gasteiger partial charge >= 0.3 is 0 Å². The van der Waals surface area contributed by atoms with E-state index in [1.165, 1.54) is 27.8 Å². The molecule has 0 N–H and O–H groups in total. The molecule has 1 unspecified atom stereocenters. The highest BCUT2D eigenvalue weighted by atomic mass is 32.1. The van der Waals surface area contributed by atoms with Crippen molar-refractivity contribution >= 4 is 12.6 Å². The Morgan fingerprint density at radius 1 is 0.720 bits per heavy atom. The first-order valence-electron chi connectivity index (χ1n) is 8.80. The van der Waals surface area contributed by atoms with Crippen molar-refractivity contribution in [2.24, 2.45) is 0 Å². The van der Waals surface area contributed by atoms with Gasteiger partial charge in [0.15, 0.2) is 0 Å². The van der Waals surface area contributed by atoms with Gasteiger partial charge in [-0.25, -0.2) is 0 Å². The average molecular weight is 346 g/mol. The molecule has 1 fully saturated rings. The molecule has 1 aliphatic rings. The van der Waals surface area contributed by atoms with Crippen molar-refractivity contribution in [3.63, 3.8) is 0 Å². The Morgan fingerprint density at radius 2 is 1.20 bits per heavy atom. The first-order valence-corrected chi connectivity index (χ1v) is 9.32. The number of hydrogen-bond acceptors (Lipinski definition) is 2. The van der Waals surface area contributed by atoms with Crippen molar-refractivity contribution in [2.45, 2.75) is 30.8 Å². The molecule has 4 rings (SSSR count). The van der Waals surface area contributed by atoms with E-state index in [0.717, 1.165) is 6.42 Å². The summed E-state index contributed by atoms with van der Waals surface area (Å²) >= 11 is 4.59. The van der Waals surface area contributed by atoms with E-state index in [9.17, 15) is 0 Å². The molecule has 2 heteroatoms. The van der Waals surface area contributed by atoms with E-state index < -0.39 is 0 Å². The fourth-order valence-corrected chi connectivity index (χ4v) is 3.67. The molecule has 0 spiro atoms. The summed E-state index contributed by atoms with van der Waals surface area (Å²) in [7, 11) is 0. The Labute approximate surface area is 155 Å². The number of benzene rings is 3. The average Bonchev–Trinajstić information content (AvgIpc) is 3.01. The Kier molecular flexibility index (Phi) is 4.65. The highest BCUT2D eigenvalue weighted by Gasteiger charge is 2.30. The van der Waals surface area contributed by atoms with Crippen LogP contribution in [0.3, 0.4) is 0 Å². The van der Waals surface area contributed by atoms with Crippen LogP contribution in [-0.4, -0.2) is 11.4 Å². The van der Waals surface area contributed by atoms with Gasteiger partial charge in [0.05, 0.1) is 12.2 Å². The lowest BCUT2D eigenvalue weighted by atomic mass is 9.98. The maximum atomic E-state index is 5.99. The predicted octanol–water partition coefficient (Wildman–Crippen LogP) is 6.17. The molecule has 3 aromatic rings. The van der Waals surface area contributed by atoms with Crippen LogP contribution in [0.2, 0.25) is 0 Å². The Balaban J connectivity index is 1.52. The molecule has 0 amide bonds. The summed E-state index contributed by atoms with van der Waals surface area (Å²) in [6, 6.07) is 28.0. The zero-order chi connectivity index (χ0) is 17.2. The van der Waals surface area contributed by atoms with E-state index >= 15 is 0 Å². The van der Waals surface area contributed by atoms with E-state index in [1.807, 2.05) is 6.07 Å². The number of ether oxygens (including phenoxy) is 1. The Morgan fingerprint density at radius 3 is 1.68 bits per heavy atom. The summed E-state index contributed by atoms with van der Waals surface area (Å²) in [5.74, 6) is 0. The smallest absolute Gasteiger partial charge is 0.0840 e. The number of thiol groups is 1. The second kappa shape index (κ2) is 7.07. The molecular formula is C23H22OS. The summed E-state index contributed by atoms with van der Waals surface area (Å²) in [6.45, 7) is 2.10. The van der Waals surface area contributed by atoms with Gasteiger partial charge in [0.2, 0.25) is 0 Å². The summed E-state index contributed by atoms with van der Waals surface area (Å²) in [6.07, 6.45) is 1.38. The molecule has 1 aliphatic heterocycles. The van der Waals surface area contributed by atoms with Gasteiger partial charge in [0, 0.05) is 5.25 Å². The highest BCUT2D eigenvalue weighted by Crippen LogP contribution is 2.36. The second-order valence-electron chi connectivity index (χ2n) is 6.70. The molecule has 1 heterocycles. The molecule has 0 aromatic heterocycles. The largest absolute Gasteiger partial charge is 0.369 e. The van der Waals surface area contributed by atoms with E-state index in [0.29, 0.717) is 5.25 Å². The molecule has 3 atom stereocenters. The van der Waals surface area contributed by atoms with Crippen LogP contribution in [0.15, 0.2) is 78.9 Å². The van der Waals surface area contributed by atoms with Crippen LogP contribution in [0.5, 0.6) is 0 Å². The molecule has 126 valence electrons. The lowest BCUT2D eigenvalue weighted by Gasteiger charge is -2.12. The minimum Gasteiger partial charge on any atom is -0.369 e. The minimum absolute atomic E-state index is 0.173. The van der Waals surface area contributed by atoms with Crippen LogP contribution in [0.4, 0.5) is 0 Å². The molecule has 0 aliphatic carbocycles. The molecular weight excluding hydrogens is 324 g/mol. The standard InChI is InChI=1S/C23H22OS/c1-16-23(25)15-22(24-16)21-13-11-20(12-14-21)19-9-7-18(8-10-19)17-5-3-2-4-6-17/h2-14,16,22-23,25H,15H2,1H3/t16-,22-,23?/m1/s1. The van der Waals surface area contributed by atoms with Crippen molar-refractivity contribution in [3.05, 3.63) is 84.4 Å². The van der Waals surface area contributed by atoms with Crippen molar-refractivity contribution in [3.8, 4) is 22.3 Å². The molecule has 0 saturated carbocycles. The van der Waals surface area contributed by atoms with Gasteiger partial charge < -0.3 is 4.74 Å².